The van der Waals surface area contributed by atoms with Gasteiger partial charge in [-0.05, 0) is 24.3 Å². The standard InChI is InChI=1S/C14H8Cl2FN3O/c15-8-5-6-9(16)12(18)11(8)14-19-13(20-21-14)7-3-1-2-4-10(7)17/h1-6H,18H2. The Hall–Kier alpha value is -2.11. The zero-order chi connectivity index (χ0) is 15.0. The largest absolute Gasteiger partial charge is 0.397 e. The van der Waals surface area contributed by atoms with Crippen LogP contribution in [0.25, 0.3) is 22.8 Å². The summed E-state index contributed by atoms with van der Waals surface area (Å²) >= 11 is 12.0. The Morgan fingerprint density at radius 1 is 1.05 bits per heavy atom. The Kier molecular flexibility index (Phi) is 3.53. The van der Waals surface area contributed by atoms with Crippen molar-refractivity contribution < 1.29 is 8.91 Å². The van der Waals surface area contributed by atoms with Gasteiger partial charge in [-0.25, -0.2) is 4.39 Å². The molecule has 3 aromatic rings. The van der Waals surface area contributed by atoms with Gasteiger partial charge in [0.25, 0.3) is 5.89 Å². The molecule has 1 aromatic heterocycles. The molecular formula is C14H8Cl2FN3O. The highest BCUT2D eigenvalue weighted by molar-refractivity contribution is 6.37. The molecule has 0 bridgehead atoms. The zero-order valence-corrected chi connectivity index (χ0v) is 12.0. The number of nitrogen functional groups attached to an aromatic ring is 1. The average Bonchev–Trinajstić information content (AvgIpc) is 2.93. The molecule has 0 aliphatic rings. The molecule has 21 heavy (non-hydrogen) atoms. The molecule has 0 saturated carbocycles. The zero-order valence-electron chi connectivity index (χ0n) is 10.5. The summed E-state index contributed by atoms with van der Waals surface area (Å²) in [6.45, 7) is 0. The van der Waals surface area contributed by atoms with Crippen LogP contribution in [0.15, 0.2) is 40.9 Å². The van der Waals surface area contributed by atoms with Crippen LogP contribution in [0.5, 0.6) is 0 Å². The van der Waals surface area contributed by atoms with E-state index in [0.29, 0.717) is 15.6 Å². The van der Waals surface area contributed by atoms with Crippen molar-refractivity contribution in [2.45, 2.75) is 0 Å². The molecule has 2 aromatic carbocycles. The first-order valence-corrected chi connectivity index (χ1v) is 6.66. The Morgan fingerprint density at radius 2 is 1.76 bits per heavy atom. The second-order valence-electron chi connectivity index (χ2n) is 4.22. The number of nitrogens with zero attached hydrogens (tertiary/aromatic N) is 2. The van der Waals surface area contributed by atoms with E-state index >= 15 is 0 Å². The van der Waals surface area contributed by atoms with Crippen LogP contribution in [0.1, 0.15) is 0 Å². The predicted octanol–water partition coefficient (Wildman–Crippen LogP) is 4.43. The number of benzene rings is 2. The maximum Gasteiger partial charge on any atom is 0.261 e. The topological polar surface area (TPSA) is 64.9 Å². The number of hydrogen-bond acceptors (Lipinski definition) is 4. The number of hydrogen-bond donors (Lipinski definition) is 1. The van der Waals surface area contributed by atoms with E-state index in [0.717, 1.165) is 0 Å². The van der Waals surface area contributed by atoms with Gasteiger partial charge >= 0.3 is 0 Å². The summed E-state index contributed by atoms with van der Waals surface area (Å²) in [7, 11) is 0. The van der Waals surface area contributed by atoms with Crippen LogP contribution < -0.4 is 5.73 Å². The van der Waals surface area contributed by atoms with Gasteiger partial charge < -0.3 is 10.3 Å². The van der Waals surface area contributed by atoms with Crippen LogP contribution in [0.4, 0.5) is 10.1 Å². The molecule has 0 spiro atoms. The summed E-state index contributed by atoms with van der Waals surface area (Å²) in [6.07, 6.45) is 0. The second-order valence-corrected chi connectivity index (χ2v) is 5.04. The molecule has 3 rings (SSSR count). The molecule has 2 N–H and O–H groups in total. The molecule has 0 aliphatic heterocycles. The monoisotopic (exact) mass is 323 g/mol. The van der Waals surface area contributed by atoms with Gasteiger partial charge in [0, 0.05) is 0 Å². The van der Waals surface area contributed by atoms with Crippen LogP contribution >= 0.6 is 23.2 Å². The van der Waals surface area contributed by atoms with Gasteiger partial charge in [0.05, 0.1) is 26.9 Å². The van der Waals surface area contributed by atoms with E-state index in [2.05, 4.69) is 10.1 Å². The summed E-state index contributed by atoms with van der Waals surface area (Å²) < 4.78 is 18.8. The van der Waals surface area contributed by atoms with E-state index in [4.69, 9.17) is 33.5 Å². The fraction of sp³-hybridized carbons (Fsp3) is 0. The number of rotatable bonds is 2. The summed E-state index contributed by atoms with van der Waals surface area (Å²) in [6, 6.07) is 9.25. The lowest BCUT2D eigenvalue weighted by molar-refractivity contribution is 0.432. The molecule has 0 fully saturated rings. The number of anilines is 1. The van der Waals surface area contributed by atoms with Gasteiger partial charge in [0.2, 0.25) is 5.82 Å². The maximum atomic E-state index is 13.7. The van der Waals surface area contributed by atoms with Crippen LogP contribution in [0.3, 0.4) is 0 Å². The molecule has 0 aliphatic carbocycles. The highest BCUT2D eigenvalue weighted by atomic mass is 35.5. The lowest BCUT2D eigenvalue weighted by Gasteiger charge is -2.04. The fourth-order valence-corrected chi connectivity index (χ4v) is 2.26. The Bertz CT molecular complexity index is 820. The third kappa shape index (κ3) is 2.46. The SMILES string of the molecule is Nc1c(Cl)ccc(Cl)c1-c1nc(-c2ccccc2F)no1. The van der Waals surface area contributed by atoms with E-state index in [9.17, 15) is 4.39 Å². The van der Waals surface area contributed by atoms with Crippen LogP contribution in [-0.2, 0) is 0 Å². The fourth-order valence-electron chi connectivity index (χ4n) is 1.86. The van der Waals surface area contributed by atoms with Crippen molar-refractivity contribution in [3.8, 4) is 22.8 Å². The van der Waals surface area contributed by atoms with Gasteiger partial charge in [-0.2, -0.15) is 4.98 Å². The number of nitrogens with two attached hydrogens (primary N) is 1. The lowest BCUT2D eigenvalue weighted by atomic mass is 10.1. The molecule has 0 unspecified atom stereocenters. The summed E-state index contributed by atoms with van der Waals surface area (Å²) in [5, 5.41) is 4.39. The predicted molar refractivity (Wildman–Crippen MR) is 79.6 cm³/mol. The summed E-state index contributed by atoms with van der Waals surface area (Å²) in [5.74, 6) is -0.258. The first-order valence-electron chi connectivity index (χ1n) is 5.90. The number of aromatic nitrogens is 2. The van der Waals surface area contributed by atoms with Crippen molar-refractivity contribution in [3.63, 3.8) is 0 Å². The summed E-state index contributed by atoms with van der Waals surface area (Å²) in [5.41, 5.74) is 6.66. The second kappa shape index (κ2) is 5.35. The molecule has 1 heterocycles. The van der Waals surface area contributed by atoms with E-state index in [1.54, 1.807) is 30.3 Å². The first kappa shape index (κ1) is 13.9. The van der Waals surface area contributed by atoms with E-state index < -0.39 is 5.82 Å². The van der Waals surface area contributed by atoms with Crippen molar-refractivity contribution in [1.29, 1.82) is 0 Å². The van der Waals surface area contributed by atoms with E-state index in [1.807, 2.05) is 0 Å². The van der Waals surface area contributed by atoms with Crippen molar-refractivity contribution in [1.82, 2.24) is 10.1 Å². The molecule has 0 amide bonds. The van der Waals surface area contributed by atoms with Crippen LogP contribution in [0.2, 0.25) is 10.0 Å². The number of halogens is 3. The lowest BCUT2D eigenvalue weighted by Crippen LogP contribution is -1.93. The third-order valence-corrected chi connectivity index (χ3v) is 3.54. The highest BCUT2D eigenvalue weighted by Crippen LogP contribution is 2.37. The minimum atomic E-state index is -0.449. The minimum Gasteiger partial charge on any atom is -0.397 e. The molecular weight excluding hydrogens is 316 g/mol. The molecule has 7 heteroatoms. The first-order chi connectivity index (χ1) is 10.1. The molecule has 0 radical (unpaired) electrons. The normalized spacial score (nSPS) is 10.8. The smallest absolute Gasteiger partial charge is 0.261 e. The van der Waals surface area contributed by atoms with Gasteiger partial charge in [-0.15, -0.1) is 0 Å². The van der Waals surface area contributed by atoms with Gasteiger partial charge in [-0.1, -0.05) is 40.5 Å². The molecule has 0 saturated heterocycles. The van der Waals surface area contributed by atoms with Crippen LogP contribution in [0, 0.1) is 5.82 Å². The molecule has 4 nitrogen and oxygen atoms in total. The van der Waals surface area contributed by atoms with Crippen molar-refractivity contribution in [2.75, 3.05) is 5.73 Å². The van der Waals surface area contributed by atoms with Crippen molar-refractivity contribution in [2.24, 2.45) is 0 Å². The van der Waals surface area contributed by atoms with E-state index in [-0.39, 0.29) is 23.0 Å². The Balaban J connectivity index is 2.12. The molecule has 0 atom stereocenters. The van der Waals surface area contributed by atoms with Crippen LogP contribution in [-0.4, -0.2) is 10.1 Å². The van der Waals surface area contributed by atoms with Crippen molar-refractivity contribution in [3.05, 3.63) is 52.3 Å². The quantitative estimate of drug-likeness (QED) is 0.708. The highest BCUT2D eigenvalue weighted by Gasteiger charge is 2.19. The van der Waals surface area contributed by atoms with Gasteiger partial charge in [0.1, 0.15) is 5.82 Å². The Labute approximate surface area is 129 Å². The van der Waals surface area contributed by atoms with Gasteiger partial charge in [-0.3, -0.25) is 0 Å². The Morgan fingerprint density at radius 3 is 2.52 bits per heavy atom. The van der Waals surface area contributed by atoms with Crippen molar-refractivity contribution >= 4 is 28.9 Å². The summed E-state index contributed by atoms with van der Waals surface area (Å²) in [4.78, 5) is 4.13. The average molecular weight is 324 g/mol. The van der Waals surface area contributed by atoms with E-state index in [1.165, 1.54) is 6.07 Å². The molecule has 106 valence electrons. The maximum absolute atomic E-state index is 13.7. The minimum absolute atomic E-state index is 0.0817. The third-order valence-electron chi connectivity index (χ3n) is 2.90. The van der Waals surface area contributed by atoms with Gasteiger partial charge in [0.15, 0.2) is 0 Å².